The fourth-order valence-electron chi connectivity index (χ4n) is 2.25. The first-order valence-corrected chi connectivity index (χ1v) is 6.55. The van der Waals surface area contributed by atoms with Gasteiger partial charge in [0.1, 0.15) is 0 Å². The van der Waals surface area contributed by atoms with Gasteiger partial charge < -0.3 is 10.5 Å². The number of nitrogen functional groups attached to an aromatic ring is 1. The Hall–Kier alpha value is -2.82. The molecule has 0 amide bonds. The number of fused-ring (bicyclic) bond motifs is 1. The third-order valence-electron chi connectivity index (χ3n) is 3.38. The Morgan fingerprint density at radius 2 is 2.00 bits per heavy atom. The van der Waals surface area contributed by atoms with Gasteiger partial charge >= 0.3 is 5.97 Å². The number of anilines is 1. The number of rotatable bonds is 3. The van der Waals surface area contributed by atoms with E-state index in [4.69, 9.17) is 5.73 Å². The summed E-state index contributed by atoms with van der Waals surface area (Å²) in [5.74, 6) is -0.334. The topological polar surface area (TPSA) is 70.1 Å². The fourth-order valence-corrected chi connectivity index (χ4v) is 2.25. The van der Waals surface area contributed by atoms with Crippen LogP contribution >= 0.6 is 0 Å². The minimum atomic E-state index is -0.334. The van der Waals surface area contributed by atoms with E-state index in [1.807, 2.05) is 41.2 Å². The first-order chi connectivity index (χ1) is 10.2. The molecule has 3 rings (SSSR count). The Morgan fingerprint density at radius 3 is 2.71 bits per heavy atom. The Labute approximate surface area is 121 Å². The second-order valence-electron chi connectivity index (χ2n) is 4.81. The largest absolute Gasteiger partial charge is 0.465 e. The zero-order valence-corrected chi connectivity index (χ0v) is 11.6. The predicted molar refractivity (Wildman–Crippen MR) is 81.0 cm³/mol. The van der Waals surface area contributed by atoms with Crippen LogP contribution in [0.4, 0.5) is 5.69 Å². The number of nitrogens with zero attached hydrogens (tertiary/aromatic N) is 2. The second kappa shape index (κ2) is 5.28. The van der Waals surface area contributed by atoms with Crippen molar-refractivity contribution in [1.82, 2.24) is 9.78 Å². The molecule has 0 saturated carbocycles. The SMILES string of the molecule is COC(=O)c1ccc(Cn2ncc3ccc(N)cc32)cc1. The first-order valence-electron chi connectivity index (χ1n) is 6.55. The maximum atomic E-state index is 11.4. The van der Waals surface area contributed by atoms with E-state index in [1.54, 1.807) is 12.1 Å². The van der Waals surface area contributed by atoms with Gasteiger partial charge in [-0.15, -0.1) is 0 Å². The van der Waals surface area contributed by atoms with Gasteiger partial charge in [-0.3, -0.25) is 4.68 Å². The van der Waals surface area contributed by atoms with Crippen molar-refractivity contribution < 1.29 is 9.53 Å². The summed E-state index contributed by atoms with van der Waals surface area (Å²) in [4.78, 5) is 11.4. The number of hydrogen-bond acceptors (Lipinski definition) is 4. The minimum absolute atomic E-state index is 0.334. The molecule has 0 radical (unpaired) electrons. The first kappa shape index (κ1) is 13.2. The summed E-state index contributed by atoms with van der Waals surface area (Å²) in [5.41, 5.74) is 9.12. The van der Waals surface area contributed by atoms with E-state index in [0.29, 0.717) is 17.8 Å². The summed E-state index contributed by atoms with van der Waals surface area (Å²) in [6.45, 7) is 0.619. The highest BCUT2D eigenvalue weighted by molar-refractivity contribution is 5.89. The molecule has 0 bridgehead atoms. The highest BCUT2D eigenvalue weighted by atomic mass is 16.5. The van der Waals surface area contributed by atoms with Crippen LogP contribution in [-0.4, -0.2) is 22.9 Å². The standard InChI is InChI=1S/C16H15N3O2/c1-21-16(20)12-4-2-11(3-5-12)10-19-15-8-14(17)7-6-13(15)9-18-19/h2-9H,10,17H2,1H3. The van der Waals surface area contributed by atoms with Crippen molar-refractivity contribution in [3.05, 3.63) is 59.8 Å². The van der Waals surface area contributed by atoms with Gasteiger partial charge in [-0.05, 0) is 35.9 Å². The molecular formula is C16H15N3O2. The van der Waals surface area contributed by atoms with E-state index < -0.39 is 0 Å². The Bertz CT molecular complexity index is 791. The normalized spacial score (nSPS) is 10.7. The van der Waals surface area contributed by atoms with Gasteiger partial charge in [0.25, 0.3) is 0 Å². The lowest BCUT2D eigenvalue weighted by Gasteiger charge is -2.05. The number of carbonyl (C=O) groups excluding carboxylic acids is 1. The molecule has 2 aromatic carbocycles. The third kappa shape index (κ3) is 2.58. The highest BCUT2D eigenvalue weighted by Crippen LogP contribution is 2.18. The molecule has 3 aromatic rings. The Morgan fingerprint density at radius 1 is 1.24 bits per heavy atom. The van der Waals surface area contributed by atoms with Crippen LogP contribution < -0.4 is 5.73 Å². The molecule has 106 valence electrons. The maximum absolute atomic E-state index is 11.4. The van der Waals surface area contributed by atoms with Gasteiger partial charge in [-0.1, -0.05) is 12.1 Å². The number of benzene rings is 2. The van der Waals surface area contributed by atoms with Gasteiger partial charge in [0.15, 0.2) is 0 Å². The summed E-state index contributed by atoms with van der Waals surface area (Å²) >= 11 is 0. The molecule has 0 saturated heterocycles. The van der Waals surface area contributed by atoms with Gasteiger partial charge in [0.05, 0.1) is 30.9 Å². The van der Waals surface area contributed by atoms with E-state index >= 15 is 0 Å². The van der Waals surface area contributed by atoms with Crippen molar-refractivity contribution in [2.24, 2.45) is 0 Å². The minimum Gasteiger partial charge on any atom is -0.465 e. The zero-order valence-electron chi connectivity index (χ0n) is 11.6. The van der Waals surface area contributed by atoms with Crippen molar-refractivity contribution >= 4 is 22.6 Å². The molecule has 0 spiro atoms. The van der Waals surface area contributed by atoms with Crippen LogP contribution in [0.5, 0.6) is 0 Å². The lowest BCUT2D eigenvalue weighted by molar-refractivity contribution is 0.0600. The molecule has 0 fully saturated rings. The van der Waals surface area contributed by atoms with Gasteiger partial charge in [0.2, 0.25) is 0 Å². The number of carbonyl (C=O) groups is 1. The fraction of sp³-hybridized carbons (Fsp3) is 0.125. The number of esters is 1. The van der Waals surface area contributed by atoms with E-state index in [0.717, 1.165) is 16.5 Å². The number of ether oxygens (including phenoxy) is 1. The maximum Gasteiger partial charge on any atom is 0.337 e. The molecule has 5 heteroatoms. The quantitative estimate of drug-likeness (QED) is 0.591. The molecular weight excluding hydrogens is 266 g/mol. The molecule has 1 aromatic heterocycles. The Kier molecular flexibility index (Phi) is 3.31. The lowest BCUT2D eigenvalue weighted by atomic mass is 10.1. The number of hydrogen-bond donors (Lipinski definition) is 1. The van der Waals surface area contributed by atoms with E-state index in [1.165, 1.54) is 7.11 Å². The monoisotopic (exact) mass is 281 g/mol. The molecule has 2 N–H and O–H groups in total. The molecule has 5 nitrogen and oxygen atoms in total. The molecule has 0 aliphatic carbocycles. The van der Waals surface area contributed by atoms with Crippen LogP contribution in [0.3, 0.4) is 0 Å². The van der Waals surface area contributed by atoms with Gasteiger partial charge in [-0.2, -0.15) is 5.10 Å². The number of aromatic nitrogens is 2. The van der Waals surface area contributed by atoms with Crippen molar-refractivity contribution in [3.63, 3.8) is 0 Å². The van der Waals surface area contributed by atoms with Crippen molar-refractivity contribution in [1.29, 1.82) is 0 Å². The second-order valence-corrected chi connectivity index (χ2v) is 4.81. The van der Waals surface area contributed by atoms with E-state index in [-0.39, 0.29) is 5.97 Å². The van der Waals surface area contributed by atoms with Crippen LogP contribution in [-0.2, 0) is 11.3 Å². The van der Waals surface area contributed by atoms with Crippen LogP contribution in [0.15, 0.2) is 48.7 Å². The summed E-state index contributed by atoms with van der Waals surface area (Å²) in [5, 5.41) is 5.43. The molecule has 21 heavy (non-hydrogen) atoms. The smallest absolute Gasteiger partial charge is 0.337 e. The van der Waals surface area contributed by atoms with Crippen molar-refractivity contribution in [2.75, 3.05) is 12.8 Å². The average molecular weight is 281 g/mol. The van der Waals surface area contributed by atoms with Crippen LogP contribution in [0, 0.1) is 0 Å². The molecule has 0 atom stereocenters. The van der Waals surface area contributed by atoms with Gasteiger partial charge in [0, 0.05) is 11.1 Å². The summed E-state index contributed by atoms with van der Waals surface area (Å²) in [6.07, 6.45) is 1.82. The third-order valence-corrected chi connectivity index (χ3v) is 3.38. The average Bonchev–Trinajstić information content (AvgIpc) is 2.89. The van der Waals surface area contributed by atoms with Crippen molar-refractivity contribution in [3.8, 4) is 0 Å². The lowest BCUT2D eigenvalue weighted by Crippen LogP contribution is -2.04. The predicted octanol–water partition coefficient (Wildman–Crippen LogP) is 2.45. The van der Waals surface area contributed by atoms with Crippen LogP contribution in [0.2, 0.25) is 0 Å². The number of methoxy groups -OCH3 is 1. The summed E-state index contributed by atoms with van der Waals surface area (Å²) in [7, 11) is 1.37. The summed E-state index contributed by atoms with van der Waals surface area (Å²) < 4.78 is 6.57. The molecule has 0 unspecified atom stereocenters. The zero-order chi connectivity index (χ0) is 14.8. The molecule has 0 aliphatic rings. The van der Waals surface area contributed by atoms with E-state index in [9.17, 15) is 4.79 Å². The number of nitrogens with two attached hydrogens (primary N) is 1. The molecule has 1 heterocycles. The van der Waals surface area contributed by atoms with Gasteiger partial charge in [-0.25, -0.2) is 4.79 Å². The van der Waals surface area contributed by atoms with Crippen molar-refractivity contribution in [2.45, 2.75) is 6.54 Å². The summed E-state index contributed by atoms with van der Waals surface area (Å²) in [6, 6.07) is 13.0. The van der Waals surface area contributed by atoms with Crippen LogP contribution in [0.1, 0.15) is 15.9 Å². The van der Waals surface area contributed by atoms with Crippen LogP contribution in [0.25, 0.3) is 10.9 Å². The Balaban J connectivity index is 1.88. The van der Waals surface area contributed by atoms with E-state index in [2.05, 4.69) is 9.84 Å². The molecule has 0 aliphatic heterocycles. The highest BCUT2D eigenvalue weighted by Gasteiger charge is 2.06.